The van der Waals surface area contributed by atoms with E-state index in [0.717, 1.165) is 43.9 Å². The molecule has 1 amide bonds. The number of amides is 1. The second-order valence-electron chi connectivity index (χ2n) is 10.9. The number of sulfone groups is 4. The minimum atomic E-state index is -3.89. The summed E-state index contributed by atoms with van der Waals surface area (Å²) in [4.78, 5) is 25.4. The first kappa shape index (κ1) is 42.2. The Morgan fingerprint density at radius 3 is 1.32 bits per heavy atom. The molecule has 0 aliphatic rings. The number of aryl methyl sites for hydroxylation is 2. The number of hydrogen-bond donors (Lipinski definition) is 2. The van der Waals surface area contributed by atoms with Gasteiger partial charge in [0.25, 0.3) is 11.1 Å². The van der Waals surface area contributed by atoms with E-state index in [4.69, 9.17) is 23.1 Å². The molecule has 2 rings (SSSR count). The zero-order chi connectivity index (χ0) is 36.5. The lowest BCUT2D eigenvalue weighted by Gasteiger charge is -2.13. The third-order valence-corrected chi connectivity index (χ3v) is 13.2. The molecule has 0 heterocycles. The number of carbonyl (C=O) groups excluding carboxylic acids is 2. The Hall–Kier alpha value is -2.86. The molecule has 0 atom stereocenters. The second-order valence-corrected chi connectivity index (χ2v) is 19.4. The average molecular weight is 756 g/mol. The molecule has 264 valence electrons. The van der Waals surface area contributed by atoms with Crippen molar-refractivity contribution in [2.24, 2.45) is 16.5 Å². The van der Waals surface area contributed by atoms with Crippen LogP contribution in [0.15, 0.2) is 48.8 Å². The van der Waals surface area contributed by atoms with Crippen LogP contribution in [0.5, 0.6) is 0 Å². The van der Waals surface area contributed by atoms with E-state index in [1.807, 2.05) is 13.8 Å². The number of rotatable bonds is 14. The third-order valence-electron chi connectivity index (χ3n) is 6.76. The molecule has 0 aromatic heterocycles. The molecule has 0 unspecified atom stereocenters. The molecule has 47 heavy (non-hydrogen) atoms. The first-order valence-electron chi connectivity index (χ1n) is 14.4. The number of carbonyl (C=O) groups is 2. The van der Waals surface area contributed by atoms with Gasteiger partial charge in [0.15, 0.2) is 45.3 Å². The Morgan fingerprint density at radius 2 is 1.00 bits per heavy atom. The van der Waals surface area contributed by atoms with Crippen LogP contribution in [0.25, 0.3) is 0 Å². The van der Waals surface area contributed by atoms with Crippen molar-refractivity contribution in [1.29, 1.82) is 0 Å². The smallest absolute Gasteiger partial charge is 0.280 e. The van der Waals surface area contributed by atoms with E-state index in [2.05, 4.69) is 4.99 Å². The molecular formula is C29H42ClN3O10S4. The Kier molecular flexibility index (Phi) is 15.2. The number of benzene rings is 2. The second kappa shape index (κ2) is 17.0. The molecule has 0 bridgehead atoms. The number of halogens is 1. The summed E-state index contributed by atoms with van der Waals surface area (Å²) in [7, 11) is -15.3. The van der Waals surface area contributed by atoms with Crippen LogP contribution in [-0.4, -0.2) is 74.8 Å². The highest BCUT2D eigenvalue weighted by Crippen LogP contribution is 2.29. The van der Waals surface area contributed by atoms with Gasteiger partial charge in [0.2, 0.25) is 0 Å². The van der Waals surface area contributed by atoms with Crippen LogP contribution in [0.3, 0.4) is 0 Å². The van der Waals surface area contributed by atoms with E-state index in [1.54, 1.807) is 0 Å². The first-order chi connectivity index (χ1) is 21.4. The summed E-state index contributed by atoms with van der Waals surface area (Å²) in [5, 5.41) is -0.822. The lowest BCUT2D eigenvalue weighted by Crippen LogP contribution is -2.24. The molecule has 0 radical (unpaired) electrons. The van der Waals surface area contributed by atoms with Gasteiger partial charge < -0.3 is 11.5 Å². The zero-order valence-electron chi connectivity index (χ0n) is 27.2. The summed E-state index contributed by atoms with van der Waals surface area (Å²) in [5.41, 5.74) is 10.9. The standard InChI is InChI=1S/C15H23N3O5S2.C14H19ClO5S2/c1-4-5-6-7-25(22,23)13-8-10(2)11(14(19)18-15(16)17)9-12(13)24(3,20)21;1-4-5-6-7-22(19,20)13-8-10(2)11(14(15)16)9-12(13)21(3,17)18/h8-9H,4-7H2,1-3H3,(H4,16,17,18,19);8-9H,4-7H2,1-3H3. The van der Waals surface area contributed by atoms with Crippen molar-refractivity contribution >= 4 is 68.1 Å². The van der Waals surface area contributed by atoms with Gasteiger partial charge in [-0.25, -0.2) is 33.7 Å². The largest absolute Gasteiger partial charge is 0.370 e. The van der Waals surface area contributed by atoms with E-state index in [-0.39, 0.29) is 42.9 Å². The molecule has 13 nitrogen and oxygen atoms in total. The fourth-order valence-corrected chi connectivity index (χ4v) is 10.8. The van der Waals surface area contributed by atoms with Crippen molar-refractivity contribution in [3.8, 4) is 0 Å². The summed E-state index contributed by atoms with van der Waals surface area (Å²) in [6, 6.07) is 4.47. The minimum Gasteiger partial charge on any atom is -0.370 e. The van der Waals surface area contributed by atoms with Crippen molar-refractivity contribution < 1.29 is 43.3 Å². The highest BCUT2D eigenvalue weighted by Gasteiger charge is 2.28. The molecule has 0 aliphatic heterocycles. The van der Waals surface area contributed by atoms with Gasteiger partial charge in [-0.05, 0) is 73.7 Å². The number of unbranched alkanes of at least 4 members (excludes halogenated alkanes) is 4. The Balaban J connectivity index is 0.000000474. The molecule has 18 heteroatoms. The summed E-state index contributed by atoms with van der Waals surface area (Å²) < 4.78 is 97.9. The number of nitrogens with zero attached hydrogens (tertiary/aromatic N) is 1. The van der Waals surface area contributed by atoms with E-state index in [9.17, 15) is 43.3 Å². The van der Waals surface area contributed by atoms with Gasteiger partial charge in [0.1, 0.15) is 0 Å². The van der Waals surface area contributed by atoms with Gasteiger partial charge >= 0.3 is 0 Å². The van der Waals surface area contributed by atoms with Crippen molar-refractivity contribution in [3.05, 3.63) is 46.5 Å². The average Bonchev–Trinajstić information content (AvgIpc) is 2.91. The Bertz CT molecular complexity index is 1970. The van der Waals surface area contributed by atoms with E-state index in [0.29, 0.717) is 24.8 Å². The van der Waals surface area contributed by atoms with E-state index >= 15 is 0 Å². The number of aliphatic imine (C=N–C) groups is 1. The first-order valence-corrected chi connectivity index (χ1v) is 21.9. The van der Waals surface area contributed by atoms with Crippen molar-refractivity contribution in [2.45, 2.75) is 85.8 Å². The fraction of sp³-hybridized carbons (Fsp3) is 0.483. The third kappa shape index (κ3) is 12.3. The summed E-state index contributed by atoms with van der Waals surface area (Å²) >= 11 is 5.42. The molecule has 0 fully saturated rings. The maximum atomic E-state index is 12.6. The maximum Gasteiger partial charge on any atom is 0.280 e. The van der Waals surface area contributed by atoms with Gasteiger partial charge in [0, 0.05) is 23.6 Å². The van der Waals surface area contributed by atoms with E-state index < -0.39 is 61.4 Å². The Morgan fingerprint density at radius 1 is 0.638 bits per heavy atom. The topological polar surface area (TPSA) is 235 Å². The predicted molar refractivity (Wildman–Crippen MR) is 182 cm³/mol. The van der Waals surface area contributed by atoms with Gasteiger partial charge in [0.05, 0.1) is 31.1 Å². The lowest BCUT2D eigenvalue weighted by molar-refractivity contribution is 0.100. The van der Waals surface area contributed by atoms with Crippen molar-refractivity contribution in [3.63, 3.8) is 0 Å². The zero-order valence-corrected chi connectivity index (χ0v) is 31.2. The van der Waals surface area contributed by atoms with Gasteiger partial charge in [-0.3, -0.25) is 9.59 Å². The van der Waals surface area contributed by atoms with Gasteiger partial charge in [-0.15, -0.1) is 0 Å². The van der Waals surface area contributed by atoms with Gasteiger partial charge in [-0.2, -0.15) is 4.99 Å². The number of nitrogens with two attached hydrogens (primary N) is 2. The molecule has 2 aromatic rings. The molecular weight excluding hydrogens is 714 g/mol. The van der Waals surface area contributed by atoms with Crippen LogP contribution in [0.1, 0.15) is 84.2 Å². The van der Waals surface area contributed by atoms with Crippen LogP contribution in [0.4, 0.5) is 0 Å². The van der Waals surface area contributed by atoms with Crippen molar-refractivity contribution in [1.82, 2.24) is 0 Å². The molecule has 0 aliphatic carbocycles. The summed E-state index contributed by atoms with van der Waals surface area (Å²) in [5.74, 6) is -1.60. The fourth-order valence-electron chi connectivity index (χ4n) is 4.31. The quantitative estimate of drug-likeness (QED) is 0.122. The molecule has 4 N–H and O–H groups in total. The molecule has 0 saturated heterocycles. The highest BCUT2D eigenvalue weighted by molar-refractivity contribution is 7.94. The molecule has 0 spiro atoms. The number of guanidine groups is 1. The van der Waals surface area contributed by atoms with Crippen LogP contribution >= 0.6 is 11.6 Å². The van der Waals surface area contributed by atoms with Crippen LogP contribution in [0.2, 0.25) is 0 Å². The van der Waals surface area contributed by atoms with Crippen molar-refractivity contribution in [2.75, 3.05) is 24.0 Å². The van der Waals surface area contributed by atoms with Crippen LogP contribution in [-0.2, 0) is 39.3 Å². The Labute approximate surface area is 282 Å². The van der Waals surface area contributed by atoms with Crippen LogP contribution in [0, 0.1) is 13.8 Å². The molecule has 2 aromatic carbocycles. The summed E-state index contributed by atoms with van der Waals surface area (Å²) in [6.07, 6.45) is 5.82. The molecule has 0 saturated carbocycles. The summed E-state index contributed by atoms with van der Waals surface area (Å²) in [6.45, 7) is 6.89. The SMILES string of the molecule is CCCCCS(=O)(=O)c1cc(C)c(C(=O)Cl)cc1S(C)(=O)=O.CCCCCS(=O)(=O)c1cc(C)c(C(=O)N=C(N)N)cc1S(C)(=O)=O. The van der Waals surface area contributed by atoms with Gasteiger partial charge in [-0.1, -0.05) is 39.5 Å². The number of hydrogen-bond acceptors (Lipinski definition) is 10. The minimum absolute atomic E-state index is 0.00500. The van der Waals surface area contributed by atoms with E-state index in [1.165, 1.54) is 26.0 Å². The predicted octanol–water partition coefficient (Wildman–Crippen LogP) is 3.52. The normalized spacial score (nSPS) is 12.1. The van der Waals surface area contributed by atoms with Crippen LogP contribution < -0.4 is 11.5 Å². The highest BCUT2D eigenvalue weighted by atomic mass is 35.5. The lowest BCUT2D eigenvalue weighted by atomic mass is 10.1. The monoisotopic (exact) mass is 755 g/mol. The maximum absolute atomic E-state index is 12.6.